The van der Waals surface area contributed by atoms with E-state index in [-0.39, 0.29) is 6.61 Å². The molecule has 0 aliphatic carbocycles. The van der Waals surface area contributed by atoms with Crippen LogP contribution in [0, 0.1) is 0 Å². The lowest BCUT2D eigenvalue weighted by Gasteiger charge is -2.47. The minimum atomic E-state index is -1.84. The van der Waals surface area contributed by atoms with Crippen molar-refractivity contribution in [3.8, 4) is 0 Å². The van der Waals surface area contributed by atoms with Crippen LogP contribution in [0.2, 0.25) is 0 Å². The van der Waals surface area contributed by atoms with Gasteiger partial charge in [-0.1, -0.05) is 0 Å². The SMILES string of the molecule is NCCCCCO[C@H]1OC(CO)[C@H](O[C@H]2OC(CO)[C@H](O)[C@H](O)C2O)[C@H](O[C@@H]2O[C@@H]([C@H](O)CO)C(O)[C@@H]2O)C1O. The van der Waals surface area contributed by atoms with Crippen LogP contribution in [0.25, 0.3) is 0 Å². The topological polar surface area (TPSA) is 284 Å². The average molecular weight is 590 g/mol. The summed E-state index contributed by atoms with van der Waals surface area (Å²) >= 11 is 0. The van der Waals surface area contributed by atoms with Gasteiger partial charge in [0.1, 0.15) is 73.2 Å². The van der Waals surface area contributed by atoms with E-state index in [9.17, 15) is 51.1 Å². The van der Waals surface area contributed by atoms with Crippen LogP contribution >= 0.6 is 0 Å². The highest BCUT2D eigenvalue weighted by Crippen LogP contribution is 2.34. The fourth-order valence-electron chi connectivity index (χ4n) is 4.82. The number of unbranched alkanes of at least 4 members (excludes halogenated alkanes) is 2. The summed E-state index contributed by atoms with van der Waals surface area (Å²) in [6.07, 6.45) is -21.9. The maximum absolute atomic E-state index is 11.2. The average Bonchev–Trinajstić information content (AvgIpc) is 3.23. The van der Waals surface area contributed by atoms with Crippen molar-refractivity contribution in [3.63, 3.8) is 0 Å². The molecule has 3 aliphatic heterocycles. The molecule has 0 aromatic carbocycles. The van der Waals surface area contributed by atoms with Crippen molar-refractivity contribution < 1.29 is 79.5 Å². The van der Waals surface area contributed by atoms with Crippen molar-refractivity contribution in [1.82, 2.24) is 0 Å². The van der Waals surface area contributed by atoms with Gasteiger partial charge in [-0.25, -0.2) is 0 Å². The highest BCUT2D eigenvalue weighted by Gasteiger charge is 2.55. The Kier molecular flexibility index (Phi) is 13.3. The van der Waals surface area contributed by atoms with Gasteiger partial charge in [0, 0.05) is 6.61 Å². The van der Waals surface area contributed by atoms with E-state index in [1.54, 1.807) is 0 Å². The molecule has 15 atom stereocenters. The summed E-state index contributed by atoms with van der Waals surface area (Å²) in [4.78, 5) is 0. The third-order valence-electron chi connectivity index (χ3n) is 7.18. The minimum Gasteiger partial charge on any atom is -0.394 e. The Hall–Kier alpha value is -0.680. The van der Waals surface area contributed by atoms with Gasteiger partial charge in [-0.05, 0) is 25.8 Å². The third-order valence-corrected chi connectivity index (χ3v) is 7.18. The zero-order valence-electron chi connectivity index (χ0n) is 21.8. The van der Waals surface area contributed by atoms with Crippen LogP contribution in [0.5, 0.6) is 0 Å². The van der Waals surface area contributed by atoms with E-state index in [4.69, 9.17) is 34.2 Å². The molecule has 0 aromatic rings. The second-order valence-corrected chi connectivity index (χ2v) is 10.0. The van der Waals surface area contributed by atoms with Crippen molar-refractivity contribution in [2.75, 3.05) is 33.0 Å². The van der Waals surface area contributed by atoms with Crippen LogP contribution in [0.15, 0.2) is 0 Å². The van der Waals surface area contributed by atoms with Gasteiger partial charge in [0.15, 0.2) is 18.9 Å². The first-order chi connectivity index (χ1) is 19.1. The van der Waals surface area contributed by atoms with E-state index < -0.39 is 112 Å². The molecule has 5 unspecified atom stereocenters. The molecule has 3 fully saturated rings. The van der Waals surface area contributed by atoms with Gasteiger partial charge in [-0.3, -0.25) is 0 Å². The molecule has 3 rings (SSSR count). The Bertz CT molecular complexity index is 737. The summed E-state index contributed by atoms with van der Waals surface area (Å²) < 4.78 is 33.7. The largest absolute Gasteiger partial charge is 0.394 e. The van der Waals surface area contributed by atoms with Crippen molar-refractivity contribution in [2.45, 2.75) is 111 Å². The molecule has 0 radical (unpaired) electrons. The molecule has 0 saturated carbocycles. The zero-order valence-corrected chi connectivity index (χ0v) is 21.8. The highest BCUT2D eigenvalue weighted by atomic mass is 16.8. The first kappa shape index (κ1) is 33.8. The number of hydrogen-bond donors (Lipinski definition) is 11. The molecule has 236 valence electrons. The summed E-state index contributed by atoms with van der Waals surface area (Å²) in [5.41, 5.74) is 5.49. The number of nitrogens with two attached hydrogens (primary N) is 1. The predicted molar refractivity (Wildman–Crippen MR) is 128 cm³/mol. The van der Waals surface area contributed by atoms with E-state index in [0.29, 0.717) is 13.0 Å². The van der Waals surface area contributed by atoms with E-state index in [1.807, 2.05) is 0 Å². The van der Waals surface area contributed by atoms with Crippen LogP contribution in [0.3, 0.4) is 0 Å². The fourth-order valence-corrected chi connectivity index (χ4v) is 4.82. The molecular weight excluding hydrogens is 546 g/mol. The van der Waals surface area contributed by atoms with E-state index in [2.05, 4.69) is 0 Å². The van der Waals surface area contributed by atoms with Gasteiger partial charge in [0.2, 0.25) is 0 Å². The highest BCUT2D eigenvalue weighted by molar-refractivity contribution is 4.97. The molecule has 3 heterocycles. The van der Waals surface area contributed by atoms with Crippen LogP contribution in [0.1, 0.15) is 19.3 Å². The Balaban J connectivity index is 1.83. The standard InChI is InChI=1S/C23H43NO16/c24-4-2-1-3-5-35-21-17(34)20(40-23-16(33)14(31)18(38-23)9(28)6-25)19(11(8-27)37-21)39-22-15(32)13(30)12(29)10(7-26)36-22/h9-23,25-34H,1-8,24H2/t9-,10?,11?,12+,13+,14?,15?,16+,17?,18+,19+,20-,21+,22-,23+/m1/s1. The molecule has 3 saturated heterocycles. The summed E-state index contributed by atoms with van der Waals surface area (Å²) in [5.74, 6) is 0. The van der Waals surface area contributed by atoms with Gasteiger partial charge < -0.3 is 85.2 Å². The lowest BCUT2D eigenvalue weighted by Crippen LogP contribution is -2.65. The molecule has 12 N–H and O–H groups in total. The summed E-state index contributed by atoms with van der Waals surface area (Å²) in [5, 5.41) is 101. The van der Waals surface area contributed by atoms with Crippen LogP contribution in [0.4, 0.5) is 0 Å². The smallest absolute Gasteiger partial charge is 0.187 e. The summed E-state index contributed by atoms with van der Waals surface area (Å²) in [6.45, 7) is -1.65. The Morgan fingerprint density at radius 2 is 1.23 bits per heavy atom. The monoisotopic (exact) mass is 589 g/mol. The van der Waals surface area contributed by atoms with Crippen molar-refractivity contribution in [2.24, 2.45) is 5.73 Å². The second kappa shape index (κ2) is 15.7. The van der Waals surface area contributed by atoms with E-state index >= 15 is 0 Å². The van der Waals surface area contributed by atoms with Crippen molar-refractivity contribution >= 4 is 0 Å². The lowest BCUT2D eigenvalue weighted by atomic mass is 9.96. The zero-order chi connectivity index (χ0) is 29.6. The molecule has 17 heteroatoms. The van der Waals surface area contributed by atoms with Crippen LogP contribution < -0.4 is 5.73 Å². The molecule has 3 aliphatic rings. The fraction of sp³-hybridized carbons (Fsp3) is 1.00. The van der Waals surface area contributed by atoms with Gasteiger partial charge in [0.25, 0.3) is 0 Å². The first-order valence-electron chi connectivity index (χ1n) is 13.3. The molecule has 0 spiro atoms. The first-order valence-corrected chi connectivity index (χ1v) is 13.3. The van der Waals surface area contributed by atoms with Crippen molar-refractivity contribution in [3.05, 3.63) is 0 Å². The molecule has 0 aromatic heterocycles. The molecule has 0 bridgehead atoms. The van der Waals surface area contributed by atoms with E-state index in [1.165, 1.54) is 0 Å². The number of ether oxygens (including phenoxy) is 6. The summed E-state index contributed by atoms with van der Waals surface area (Å²) in [6, 6.07) is 0. The van der Waals surface area contributed by atoms with Gasteiger partial charge in [-0.15, -0.1) is 0 Å². The number of aliphatic hydroxyl groups is 10. The quantitative estimate of drug-likeness (QED) is 0.0840. The van der Waals surface area contributed by atoms with Crippen LogP contribution in [-0.2, 0) is 28.4 Å². The lowest BCUT2D eigenvalue weighted by molar-refractivity contribution is -0.374. The number of aliphatic hydroxyl groups excluding tert-OH is 10. The van der Waals surface area contributed by atoms with Gasteiger partial charge in [0.05, 0.1) is 19.8 Å². The third kappa shape index (κ3) is 7.63. The molecular formula is C23H43NO16. The Morgan fingerprint density at radius 3 is 1.85 bits per heavy atom. The Labute approximate surface area is 230 Å². The Morgan fingerprint density at radius 1 is 0.625 bits per heavy atom. The van der Waals surface area contributed by atoms with Crippen molar-refractivity contribution in [1.29, 1.82) is 0 Å². The maximum Gasteiger partial charge on any atom is 0.187 e. The molecule has 17 nitrogen and oxygen atoms in total. The van der Waals surface area contributed by atoms with E-state index in [0.717, 1.165) is 12.8 Å². The molecule has 40 heavy (non-hydrogen) atoms. The van der Waals surface area contributed by atoms with Gasteiger partial charge in [-0.2, -0.15) is 0 Å². The van der Waals surface area contributed by atoms with Gasteiger partial charge >= 0.3 is 0 Å². The minimum absolute atomic E-state index is 0.136. The summed E-state index contributed by atoms with van der Waals surface area (Å²) in [7, 11) is 0. The maximum atomic E-state index is 11.2. The molecule has 0 amide bonds. The van der Waals surface area contributed by atoms with Crippen LogP contribution in [-0.4, -0.2) is 176 Å². The second-order valence-electron chi connectivity index (χ2n) is 10.0. The number of rotatable bonds is 14. The number of hydrogen-bond acceptors (Lipinski definition) is 17. The predicted octanol–water partition coefficient (Wildman–Crippen LogP) is -6.42. The normalized spacial score (nSPS) is 45.1.